The molecule has 0 saturated carbocycles. The molecule has 9 nitrogen and oxygen atoms in total. The first-order chi connectivity index (χ1) is 13.8. The van der Waals surface area contributed by atoms with Gasteiger partial charge in [0.05, 0.1) is 17.6 Å². The summed E-state index contributed by atoms with van der Waals surface area (Å²) in [5.41, 5.74) is 1.23. The summed E-state index contributed by atoms with van der Waals surface area (Å²) in [5.74, 6) is 0.144. The van der Waals surface area contributed by atoms with Crippen LogP contribution in [0.5, 0.6) is 0 Å². The SMILES string of the molecule is CC[C@H](Nc1c([N+](=O)[O-])c(C)nn1C)C(=O)N1C[C@@H](C)O[C@H](c2ccccc2)C1. The summed E-state index contributed by atoms with van der Waals surface area (Å²) >= 11 is 0. The Morgan fingerprint density at radius 1 is 1.38 bits per heavy atom. The molecule has 1 fully saturated rings. The van der Waals surface area contributed by atoms with Crippen LogP contribution in [0.3, 0.4) is 0 Å². The van der Waals surface area contributed by atoms with Gasteiger partial charge in [0.15, 0.2) is 0 Å². The predicted molar refractivity (Wildman–Crippen MR) is 109 cm³/mol. The standard InChI is InChI=1S/C20H27N5O4/c1-5-16(21-19-18(25(27)28)14(3)22-23(19)4)20(26)24-11-13(2)29-17(12-24)15-9-7-6-8-10-15/h6-10,13,16-17,21H,5,11-12H2,1-4H3/t13-,16+,17+/m1/s1. The third kappa shape index (κ3) is 4.40. The number of aryl methyl sites for hydroxylation is 2. The van der Waals surface area contributed by atoms with Crippen LogP contribution in [0.15, 0.2) is 30.3 Å². The number of benzene rings is 1. The molecule has 156 valence electrons. The lowest BCUT2D eigenvalue weighted by atomic mass is 10.1. The van der Waals surface area contributed by atoms with Gasteiger partial charge in [0, 0.05) is 13.6 Å². The van der Waals surface area contributed by atoms with Gasteiger partial charge in [0.2, 0.25) is 11.7 Å². The Labute approximate surface area is 169 Å². The molecule has 0 spiro atoms. The van der Waals surface area contributed by atoms with Gasteiger partial charge in [-0.05, 0) is 25.8 Å². The molecular formula is C20H27N5O4. The number of carbonyl (C=O) groups is 1. The van der Waals surface area contributed by atoms with Crippen LogP contribution in [-0.4, -0.2) is 50.7 Å². The van der Waals surface area contributed by atoms with Crippen molar-refractivity contribution >= 4 is 17.4 Å². The van der Waals surface area contributed by atoms with Crippen molar-refractivity contribution in [1.29, 1.82) is 0 Å². The number of hydrogen-bond donors (Lipinski definition) is 1. The summed E-state index contributed by atoms with van der Waals surface area (Å²) in [5, 5.41) is 18.6. The zero-order valence-corrected chi connectivity index (χ0v) is 17.2. The van der Waals surface area contributed by atoms with E-state index >= 15 is 0 Å². The fourth-order valence-corrected chi connectivity index (χ4v) is 3.73. The van der Waals surface area contributed by atoms with Crippen molar-refractivity contribution < 1.29 is 14.5 Å². The third-order valence-electron chi connectivity index (χ3n) is 5.13. The molecule has 29 heavy (non-hydrogen) atoms. The van der Waals surface area contributed by atoms with Crippen LogP contribution in [0.4, 0.5) is 11.5 Å². The maximum absolute atomic E-state index is 13.3. The summed E-state index contributed by atoms with van der Waals surface area (Å²) in [7, 11) is 1.63. The summed E-state index contributed by atoms with van der Waals surface area (Å²) < 4.78 is 7.45. The van der Waals surface area contributed by atoms with Crippen LogP contribution < -0.4 is 5.32 Å². The van der Waals surface area contributed by atoms with Gasteiger partial charge in [-0.3, -0.25) is 14.9 Å². The molecule has 1 aliphatic heterocycles. The van der Waals surface area contributed by atoms with Gasteiger partial charge in [0.1, 0.15) is 17.8 Å². The number of carbonyl (C=O) groups excluding carboxylic acids is 1. The zero-order chi connectivity index (χ0) is 21.1. The van der Waals surface area contributed by atoms with Crippen LogP contribution in [-0.2, 0) is 16.6 Å². The molecule has 1 amide bonds. The molecule has 1 aromatic heterocycles. The molecular weight excluding hydrogens is 374 g/mol. The number of aromatic nitrogens is 2. The van der Waals surface area contributed by atoms with E-state index in [2.05, 4.69) is 10.4 Å². The fourth-order valence-electron chi connectivity index (χ4n) is 3.73. The number of ether oxygens (including phenoxy) is 1. The van der Waals surface area contributed by atoms with Gasteiger partial charge in [-0.1, -0.05) is 37.3 Å². The molecule has 0 radical (unpaired) electrons. The summed E-state index contributed by atoms with van der Waals surface area (Å²) in [6, 6.07) is 9.23. The number of anilines is 1. The van der Waals surface area contributed by atoms with E-state index in [0.29, 0.717) is 25.2 Å². The Morgan fingerprint density at radius 2 is 2.07 bits per heavy atom. The van der Waals surface area contributed by atoms with Crippen LogP contribution >= 0.6 is 0 Å². The number of nitrogens with one attached hydrogen (secondary N) is 1. The van der Waals surface area contributed by atoms with E-state index in [1.54, 1.807) is 18.9 Å². The van der Waals surface area contributed by atoms with Crippen molar-refractivity contribution in [2.24, 2.45) is 7.05 Å². The molecule has 1 saturated heterocycles. The first-order valence-corrected chi connectivity index (χ1v) is 9.75. The maximum Gasteiger partial charge on any atom is 0.333 e. The van der Waals surface area contributed by atoms with E-state index in [4.69, 9.17) is 4.74 Å². The Morgan fingerprint density at radius 3 is 2.69 bits per heavy atom. The summed E-state index contributed by atoms with van der Waals surface area (Å²) in [6.45, 7) is 6.33. The number of rotatable bonds is 6. The highest BCUT2D eigenvalue weighted by Crippen LogP contribution is 2.30. The molecule has 0 bridgehead atoms. The van der Waals surface area contributed by atoms with Crippen LogP contribution in [0, 0.1) is 17.0 Å². The van der Waals surface area contributed by atoms with Crippen molar-refractivity contribution in [2.75, 3.05) is 18.4 Å². The van der Waals surface area contributed by atoms with Crippen molar-refractivity contribution in [1.82, 2.24) is 14.7 Å². The van der Waals surface area contributed by atoms with Gasteiger partial charge < -0.3 is 15.0 Å². The first kappa shape index (κ1) is 20.8. The van der Waals surface area contributed by atoms with Gasteiger partial charge in [-0.25, -0.2) is 4.68 Å². The monoisotopic (exact) mass is 401 g/mol. The van der Waals surface area contributed by atoms with E-state index in [9.17, 15) is 14.9 Å². The normalized spacial score (nSPS) is 20.3. The highest BCUT2D eigenvalue weighted by molar-refractivity contribution is 5.85. The second-order valence-corrected chi connectivity index (χ2v) is 7.36. The summed E-state index contributed by atoms with van der Waals surface area (Å²) in [4.78, 5) is 26.0. The summed E-state index contributed by atoms with van der Waals surface area (Å²) in [6.07, 6.45) is 0.181. The topological polar surface area (TPSA) is 103 Å². The van der Waals surface area contributed by atoms with Crippen molar-refractivity contribution in [3.05, 3.63) is 51.7 Å². The van der Waals surface area contributed by atoms with E-state index in [0.717, 1.165) is 5.56 Å². The number of hydrogen-bond acceptors (Lipinski definition) is 6. The van der Waals surface area contributed by atoms with Gasteiger partial charge in [-0.2, -0.15) is 5.10 Å². The lowest BCUT2D eigenvalue weighted by Gasteiger charge is -2.38. The molecule has 1 aromatic carbocycles. The lowest BCUT2D eigenvalue weighted by molar-refractivity contribution is -0.384. The molecule has 9 heteroatoms. The molecule has 0 unspecified atom stereocenters. The number of nitrogens with zero attached hydrogens (tertiary/aromatic N) is 4. The predicted octanol–water partition coefficient (Wildman–Crippen LogP) is 2.82. The minimum absolute atomic E-state index is 0.100. The fraction of sp³-hybridized carbons (Fsp3) is 0.500. The smallest absolute Gasteiger partial charge is 0.333 e. The number of nitro groups is 1. The molecule has 3 rings (SSSR count). The average Bonchev–Trinajstić information content (AvgIpc) is 2.98. The van der Waals surface area contributed by atoms with E-state index in [1.807, 2.05) is 44.2 Å². The molecule has 3 atom stereocenters. The van der Waals surface area contributed by atoms with E-state index in [1.165, 1.54) is 4.68 Å². The zero-order valence-electron chi connectivity index (χ0n) is 17.2. The Bertz CT molecular complexity index is 882. The average molecular weight is 401 g/mol. The van der Waals surface area contributed by atoms with Crippen molar-refractivity contribution in [3.8, 4) is 0 Å². The van der Waals surface area contributed by atoms with Gasteiger partial charge >= 0.3 is 5.69 Å². The third-order valence-corrected chi connectivity index (χ3v) is 5.13. The van der Waals surface area contributed by atoms with Gasteiger partial charge in [0.25, 0.3) is 0 Å². The minimum Gasteiger partial charge on any atom is -0.367 e. The minimum atomic E-state index is -0.592. The van der Waals surface area contributed by atoms with Crippen molar-refractivity contribution in [2.45, 2.75) is 45.4 Å². The second-order valence-electron chi connectivity index (χ2n) is 7.36. The molecule has 2 heterocycles. The Balaban J connectivity index is 1.80. The largest absolute Gasteiger partial charge is 0.367 e. The van der Waals surface area contributed by atoms with Crippen molar-refractivity contribution in [3.63, 3.8) is 0 Å². The lowest BCUT2D eigenvalue weighted by Crippen LogP contribution is -2.51. The quantitative estimate of drug-likeness (QED) is 0.590. The molecule has 0 aliphatic carbocycles. The second kappa shape index (κ2) is 8.60. The number of morpholine rings is 1. The molecule has 1 N–H and O–H groups in total. The first-order valence-electron chi connectivity index (χ1n) is 9.75. The Hall–Kier alpha value is -2.94. The van der Waals surface area contributed by atoms with E-state index in [-0.39, 0.29) is 29.6 Å². The Kier molecular flexibility index (Phi) is 6.17. The van der Waals surface area contributed by atoms with Crippen LogP contribution in [0.25, 0.3) is 0 Å². The maximum atomic E-state index is 13.3. The molecule has 2 aromatic rings. The highest BCUT2D eigenvalue weighted by Gasteiger charge is 2.34. The highest BCUT2D eigenvalue weighted by atomic mass is 16.6. The van der Waals surface area contributed by atoms with Gasteiger partial charge in [-0.15, -0.1) is 0 Å². The van der Waals surface area contributed by atoms with Crippen LogP contribution in [0.2, 0.25) is 0 Å². The van der Waals surface area contributed by atoms with E-state index < -0.39 is 11.0 Å². The number of amides is 1. The molecule has 1 aliphatic rings. The van der Waals surface area contributed by atoms with Crippen LogP contribution in [0.1, 0.15) is 37.6 Å².